The number of aryl methyl sites for hydroxylation is 1. The Morgan fingerprint density at radius 3 is 2.23 bits per heavy atom. The second kappa shape index (κ2) is 7.73. The van der Waals surface area contributed by atoms with Gasteiger partial charge in [0, 0.05) is 27.9 Å². The Labute approximate surface area is 189 Å². The van der Waals surface area contributed by atoms with Gasteiger partial charge < -0.3 is 4.40 Å². The molecule has 6 aromatic rings. The highest BCUT2D eigenvalue weighted by Crippen LogP contribution is 2.36. The van der Waals surface area contributed by atoms with Gasteiger partial charge in [-0.2, -0.15) is 0 Å². The van der Waals surface area contributed by atoms with Crippen molar-refractivity contribution in [1.29, 1.82) is 0 Å². The number of para-hydroxylation sites is 1. The van der Waals surface area contributed by atoms with Gasteiger partial charge in [0.25, 0.3) is 0 Å². The summed E-state index contributed by atoms with van der Waals surface area (Å²) in [5, 5.41) is 4.96. The summed E-state index contributed by atoms with van der Waals surface area (Å²) >= 11 is 2.15. The van der Waals surface area contributed by atoms with Crippen LogP contribution in [0.4, 0.5) is 0 Å². The highest BCUT2D eigenvalue weighted by atomic mass is 127. The third-order valence-corrected chi connectivity index (χ3v) is 5.65. The van der Waals surface area contributed by atoms with Gasteiger partial charge in [0.05, 0.1) is 22.2 Å². The molecule has 0 aliphatic rings. The molecule has 146 valence electrons. The topological polar surface area (TPSA) is 17.3 Å². The van der Waals surface area contributed by atoms with Crippen molar-refractivity contribution in [3.63, 3.8) is 0 Å². The molecule has 3 aromatic carbocycles. The molecule has 0 fully saturated rings. The number of benzene rings is 3. The maximum atomic E-state index is 5.08. The van der Waals surface area contributed by atoms with E-state index in [2.05, 4.69) is 125 Å². The average molecular weight is 500 g/mol. The quantitative estimate of drug-likeness (QED) is 0.166. The zero-order valence-electron chi connectivity index (χ0n) is 16.9. The van der Waals surface area contributed by atoms with Crippen LogP contribution in [0.2, 0.25) is 0 Å². The van der Waals surface area contributed by atoms with E-state index in [-0.39, 0.29) is 0 Å². The lowest BCUT2D eigenvalue weighted by Crippen LogP contribution is -1.92. The standard InChI is InChI=1S/C26H18N2.CH3I/c1-17-10-12-19(13-11-17)25-26-22(21-8-4-5-9-23(21)27-25)16-24-20-7-3-2-6-18(20)14-15-28(24)26;1-2/h2-16H,1H3;1H3. The van der Waals surface area contributed by atoms with E-state index in [0.717, 1.165) is 16.8 Å². The SMILES string of the molecule is CI.Cc1ccc(-c2nc3ccccc3c3cc4c5ccccc5ccn4c23)cc1. The van der Waals surface area contributed by atoms with Crippen LogP contribution in [0, 0.1) is 6.92 Å². The highest BCUT2D eigenvalue weighted by molar-refractivity contribution is 14.1. The molecule has 0 radical (unpaired) electrons. The molecule has 3 heteroatoms. The normalized spacial score (nSPS) is 11.2. The summed E-state index contributed by atoms with van der Waals surface area (Å²) in [7, 11) is 0. The monoisotopic (exact) mass is 500 g/mol. The first-order valence-corrected chi connectivity index (χ1v) is 12.1. The van der Waals surface area contributed by atoms with Crippen molar-refractivity contribution in [3.05, 3.63) is 96.7 Å². The molecule has 0 aliphatic carbocycles. The number of halogens is 1. The van der Waals surface area contributed by atoms with E-state index in [1.807, 2.05) is 4.93 Å². The van der Waals surface area contributed by atoms with Gasteiger partial charge in [-0.25, -0.2) is 4.98 Å². The molecular formula is C27H21IN2. The van der Waals surface area contributed by atoms with Crippen LogP contribution < -0.4 is 0 Å². The number of hydrogen-bond donors (Lipinski definition) is 0. The first-order chi connectivity index (χ1) is 14.8. The van der Waals surface area contributed by atoms with Crippen LogP contribution in [0.3, 0.4) is 0 Å². The molecule has 0 aliphatic heterocycles. The Bertz CT molecular complexity index is 1510. The molecule has 0 saturated heterocycles. The van der Waals surface area contributed by atoms with Crippen molar-refractivity contribution in [2.75, 3.05) is 4.93 Å². The van der Waals surface area contributed by atoms with E-state index in [9.17, 15) is 0 Å². The van der Waals surface area contributed by atoms with Gasteiger partial charge in [-0.1, -0.05) is 94.9 Å². The predicted octanol–water partition coefficient (Wildman–Crippen LogP) is 7.82. The molecular weight excluding hydrogens is 479 g/mol. The van der Waals surface area contributed by atoms with Crippen molar-refractivity contribution in [3.8, 4) is 11.3 Å². The number of aromatic nitrogens is 2. The van der Waals surface area contributed by atoms with Crippen molar-refractivity contribution >= 4 is 60.7 Å². The third-order valence-electron chi connectivity index (χ3n) is 5.65. The van der Waals surface area contributed by atoms with Crippen molar-refractivity contribution in [1.82, 2.24) is 9.38 Å². The Balaban J connectivity index is 0.000000937. The largest absolute Gasteiger partial charge is 0.314 e. The number of nitrogens with zero attached hydrogens (tertiary/aromatic N) is 2. The Hall–Kier alpha value is -2.92. The molecule has 3 aromatic heterocycles. The summed E-state index contributed by atoms with van der Waals surface area (Å²) in [5.41, 5.74) is 6.86. The predicted molar refractivity (Wildman–Crippen MR) is 138 cm³/mol. The third kappa shape index (κ3) is 2.96. The van der Waals surface area contributed by atoms with Crippen molar-refractivity contribution in [2.45, 2.75) is 6.92 Å². The molecule has 0 unspecified atom stereocenters. The van der Waals surface area contributed by atoms with Crippen LogP contribution in [-0.2, 0) is 0 Å². The molecule has 0 N–H and O–H groups in total. The first kappa shape index (κ1) is 19.1. The van der Waals surface area contributed by atoms with Gasteiger partial charge in [0.1, 0.15) is 0 Å². The molecule has 0 spiro atoms. The lowest BCUT2D eigenvalue weighted by Gasteiger charge is -2.09. The molecule has 2 nitrogen and oxygen atoms in total. The molecule has 30 heavy (non-hydrogen) atoms. The van der Waals surface area contributed by atoms with Gasteiger partial charge in [0.15, 0.2) is 0 Å². The maximum absolute atomic E-state index is 5.08. The number of pyridine rings is 2. The van der Waals surface area contributed by atoms with E-state index in [0.29, 0.717) is 0 Å². The van der Waals surface area contributed by atoms with Gasteiger partial charge >= 0.3 is 0 Å². The lowest BCUT2D eigenvalue weighted by molar-refractivity contribution is 1.25. The van der Waals surface area contributed by atoms with Crippen LogP contribution in [0.15, 0.2) is 91.1 Å². The van der Waals surface area contributed by atoms with E-state index >= 15 is 0 Å². The number of hydrogen-bond acceptors (Lipinski definition) is 1. The molecule has 0 atom stereocenters. The lowest BCUT2D eigenvalue weighted by atomic mass is 10.0. The van der Waals surface area contributed by atoms with Gasteiger partial charge in [-0.3, -0.25) is 0 Å². The van der Waals surface area contributed by atoms with E-state index in [4.69, 9.17) is 4.98 Å². The molecule has 3 heterocycles. The van der Waals surface area contributed by atoms with E-state index in [1.165, 1.54) is 38.1 Å². The number of rotatable bonds is 1. The number of alkyl halides is 1. The Morgan fingerprint density at radius 1 is 0.733 bits per heavy atom. The highest BCUT2D eigenvalue weighted by Gasteiger charge is 2.15. The second-order valence-corrected chi connectivity index (χ2v) is 7.41. The maximum Gasteiger partial charge on any atom is 0.0956 e. The Morgan fingerprint density at radius 2 is 1.43 bits per heavy atom. The summed E-state index contributed by atoms with van der Waals surface area (Å²) in [6.07, 6.45) is 2.17. The van der Waals surface area contributed by atoms with Crippen LogP contribution >= 0.6 is 22.6 Å². The van der Waals surface area contributed by atoms with Crippen LogP contribution in [0.5, 0.6) is 0 Å². The van der Waals surface area contributed by atoms with Crippen molar-refractivity contribution in [2.24, 2.45) is 0 Å². The summed E-state index contributed by atoms with van der Waals surface area (Å²) in [6, 6.07) is 30.2. The minimum Gasteiger partial charge on any atom is -0.314 e. The van der Waals surface area contributed by atoms with E-state index in [1.54, 1.807) is 0 Å². The second-order valence-electron chi connectivity index (χ2n) is 7.41. The summed E-state index contributed by atoms with van der Waals surface area (Å²) in [6.45, 7) is 2.12. The molecule has 0 bridgehead atoms. The summed E-state index contributed by atoms with van der Waals surface area (Å²) < 4.78 is 2.30. The van der Waals surface area contributed by atoms with Gasteiger partial charge in [0.2, 0.25) is 0 Å². The fraction of sp³-hybridized carbons (Fsp3) is 0.0741. The van der Waals surface area contributed by atoms with E-state index < -0.39 is 0 Å². The molecule has 0 saturated carbocycles. The minimum atomic E-state index is 1.03. The summed E-state index contributed by atoms with van der Waals surface area (Å²) in [4.78, 5) is 7.05. The minimum absolute atomic E-state index is 1.03. The van der Waals surface area contributed by atoms with Crippen molar-refractivity contribution < 1.29 is 0 Å². The first-order valence-electron chi connectivity index (χ1n) is 9.96. The Kier molecular flexibility index (Phi) is 4.91. The van der Waals surface area contributed by atoms with Crippen LogP contribution in [0.25, 0.3) is 49.4 Å². The fourth-order valence-electron chi connectivity index (χ4n) is 4.25. The molecule has 0 amide bonds. The number of fused-ring (bicyclic) bond motifs is 7. The zero-order valence-corrected chi connectivity index (χ0v) is 19.1. The van der Waals surface area contributed by atoms with Crippen LogP contribution in [-0.4, -0.2) is 14.3 Å². The van der Waals surface area contributed by atoms with Gasteiger partial charge in [-0.15, -0.1) is 0 Å². The fourth-order valence-corrected chi connectivity index (χ4v) is 4.25. The van der Waals surface area contributed by atoms with Crippen LogP contribution in [0.1, 0.15) is 5.56 Å². The van der Waals surface area contributed by atoms with Gasteiger partial charge in [-0.05, 0) is 35.4 Å². The smallest absolute Gasteiger partial charge is 0.0956 e. The zero-order chi connectivity index (χ0) is 20.7. The summed E-state index contributed by atoms with van der Waals surface area (Å²) in [5.74, 6) is 0. The average Bonchev–Trinajstić information content (AvgIpc) is 3.21. The molecule has 6 rings (SSSR count).